The summed E-state index contributed by atoms with van der Waals surface area (Å²) in [5.74, 6) is 0. The van der Waals surface area contributed by atoms with Crippen molar-refractivity contribution in [1.82, 2.24) is 10.2 Å². The van der Waals surface area contributed by atoms with Crippen LogP contribution in [0.4, 0.5) is 0 Å². The summed E-state index contributed by atoms with van der Waals surface area (Å²) in [5.41, 5.74) is 1.36. The van der Waals surface area contributed by atoms with E-state index in [-0.39, 0.29) is 0 Å². The van der Waals surface area contributed by atoms with E-state index in [4.69, 9.17) is 11.6 Å². The average molecular weight is 309 g/mol. The Balaban J connectivity index is 1.91. The smallest absolute Gasteiger partial charge is 0.0406 e. The normalized spacial score (nSPS) is 22.0. The van der Waals surface area contributed by atoms with Crippen molar-refractivity contribution in [2.24, 2.45) is 0 Å². The first-order chi connectivity index (χ1) is 10.2. The summed E-state index contributed by atoms with van der Waals surface area (Å²) < 4.78 is 0. The number of benzene rings is 1. The minimum Gasteiger partial charge on any atom is -0.307 e. The summed E-state index contributed by atoms with van der Waals surface area (Å²) in [6.45, 7) is 8.29. The fourth-order valence-electron chi connectivity index (χ4n) is 3.29. The third kappa shape index (κ3) is 5.28. The van der Waals surface area contributed by atoms with Crippen LogP contribution in [0, 0.1) is 0 Å². The van der Waals surface area contributed by atoms with Gasteiger partial charge in [0, 0.05) is 17.1 Å². The average Bonchev–Trinajstić information content (AvgIpc) is 2.72. The van der Waals surface area contributed by atoms with Crippen LogP contribution < -0.4 is 5.32 Å². The largest absolute Gasteiger partial charge is 0.307 e. The van der Waals surface area contributed by atoms with Gasteiger partial charge in [-0.1, -0.05) is 37.6 Å². The van der Waals surface area contributed by atoms with Crippen molar-refractivity contribution in [3.05, 3.63) is 34.9 Å². The lowest BCUT2D eigenvalue weighted by molar-refractivity contribution is 0.281. The molecule has 1 N–H and O–H groups in total. The van der Waals surface area contributed by atoms with E-state index in [0.717, 1.165) is 11.4 Å². The molecule has 3 heteroatoms. The Morgan fingerprint density at radius 2 is 1.95 bits per heavy atom. The molecule has 2 rings (SSSR count). The fraction of sp³-hybridized carbons (Fsp3) is 0.667. The number of nitrogens with zero attached hydrogens (tertiary/aromatic N) is 1. The van der Waals surface area contributed by atoms with Crippen LogP contribution in [0.1, 0.15) is 57.6 Å². The van der Waals surface area contributed by atoms with Gasteiger partial charge in [0.1, 0.15) is 0 Å². The molecule has 1 aliphatic rings. The van der Waals surface area contributed by atoms with E-state index in [1.165, 1.54) is 50.9 Å². The van der Waals surface area contributed by atoms with E-state index in [9.17, 15) is 0 Å². The van der Waals surface area contributed by atoms with E-state index in [1.807, 2.05) is 12.1 Å². The highest BCUT2D eigenvalue weighted by Crippen LogP contribution is 2.22. The highest BCUT2D eigenvalue weighted by Gasteiger charge is 2.19. The second-order valence-corrected chi connectivity index (χ2v) is 6.58. The lowest BCUT2D eigenvalue weighted by Crippen LogP contribution is -2.34. The van der Waals surface area contributed by atoms with Gasteiger partial charge in [-0.05, 0) is 69.4 Å². The van der Waals surface area contributed by atoms with Crippen LogP contribution in [0.25, 0.3) is 0 Å². The Labute approximate surface area is 134 Å². The highest BCUT2D eigenvalue weighted by atomic mass is 35.5. The van der Waals surface area contributed by atoms with E-state index in [0.29, 0.717) is 12.1 Å². The van der Waals surface area contributed by atoms with Gasteiger partial charge in [0.25, 0.3) is 0 Å². The molecule has 0 aromatic heterocycles. The molecular formula is C18H29ClN2. The van der Waals surface area contributed by atoms with Crippen molar-refractivity contribution in [2.75, 3.05) is 19.6 Å². The van der Waals surface area contributed by atoms with E-state index < -0.39 is 0 Å². The van der Waals surface area contributed by atoms with Crippen LogP contribution in [0.2, 0.25) is 5.02 Å². The predicted molar refractivity (Wildman–Crippen MR) is 92.0 cm³/mol. The summed E-state index contributed by atoms with van der Waals surface area (Å²) in [6, 6.07) is 9.40. The summed E-state index contributed by atoms with van der Waals surface area (Å²) in [6.07, 6.45) is 6.26. The van der Waals surface area contributed by atoms with Gasteiger partial charge in [0.2, 0.25) is 0 Å². The van der Waals surface area contributed by atoms with Crippen LogP contribution >= 0.6 is 11.6 Å². The molecule has 21 heavy (non-hydrogen) atoms. The van der Waals surface area contributed by atoms with Crippen molar-refractivity contribution in [2.45, 2.75) is 58.0 Å². The third-order valence-electron chi connectivity index (χ3n) is 4.48. The zero-order chi connectivity index (χ0) is 15.1. The zero-order valence-electron chi connectivity index (χ0n) is 13.4. The van der Waals surface area contributed by atoms with Crippen molar-refractivity contribution < 1.29 is 0 Å². The third-order valence-corrected chi connectivity index (χ3v) is 4.73. The number of hydrogen-bond acceptors (Lipinski definition) is 2. The SMILES string of the molecule is CCCN1CCCC(NC(CC)c2ccc(Cl)cc2)CC1. The van der Waals surface area contributed by atoms with Crippen LogP contribution in [-0.4, -0.2) is 30.6 Å². The van der Waals surface area contributed by atoms with E-state index >= 15 is 0 Å². The van der Waals surface area contributed by atoms with Crippen molar-refractivity contribution in [1.29, 1.82) is 0 Å². The molecule has 0 bridgehead atoms. The first kappa shape index (κ1) is 16.8. The summed E-state index contributed by atoms with van der Waals surface area (Å²) in [7, 11) is 0. The quantitative estimate of drug-likeness (QED) is 0.823. The summed E-state index contributed by atoms with van der Waals surface area (Å²) >= 11 is 5.99. The molecule has 2 atom stereocenters. The molecule has 0 saturated carbocycles. The van der Waals surface area contributed by atoms with Crippen molar-refractivity contribution in [3.63, 3.8) is 0 Å². The predicted octanol–water partition coefficient (Wildman–Crippen LogP) is 4.65. The number of halogens is 1. The maximum atomic E-state index is 5.99. The topological polar surface area (TPSA) is 15.3 Å². The van der Waals surface area contributed by atoms with Gasteiger partial charge in [0.05, 0.1) is 0 Å². The molecular weight excluding hydrogens is 280 g/mol. The Bertz CT molecular complexity index is 404. The maximum absolute atomic E-state index is 5.99. The van der Waals surface area contributed by atoms with Crippen LogP contribution in [0.3, 0.4) is 0 Å². The molecule has 1 fully saturated rings. The molecule has 1 heterocycles. The first-order valence-electron chi connectivity index (χ1n) is 8.46. The van der Waals surface area contributed by atoms with Crippen molar-refractivity contribution >= 4 is 11.6 Å². The van der Waals surface area contributed by atoms with E-state index in [2.05, 4.69) is 36.2 Å². The molecule has 2 unspecified atom stereocenters. The molecule has 0 amide bonds. The lowest BCUT2D eigenvalue weighted by atomic mass is 10.0. The molecule has 1 aromatic rings. The second kappa shape index (κ2) is 8.77. The Hall–Kier alpha value is -0.570. The Morgan fingerprint density at radius 1 is 1.19 bits per heavy atom. The number of likely N-dealkylation sites (tertiary alicyclic amines) is 1. The summed E-state index contributed by atoms with van der Waals surface area (Å²) in [5, 5.41) is 4.69. The lowest BCUT2D eigenvalue weighted by Gasteiger charge is -2.25. The van der Waals surface area contributed by atoms with Gasteiger partial charge in [-0.2, -0.15) is 0 Å². The monoisotopic (exact) mass is 308 g/mol. The van der Waals surface area contributed by atoms with Gasteiger partial charge in [-0.15, -0.1) is 0 Å². The summed E-state index contributed by atoms with van der Waals surface area (Å²) in [4.78, 5) is 2.62. The molecule has 0 aliphatic carbocycles. The minimum atomic E-state index is 0.449. The Morgan fingerprint density at radius 3 is 2.62 bits per heavy atom. The maximum Gasteiger partial charge on any atom is 0.0406 e. The van der Waals surface area contributed by atoms with Gasteiger partial charge >= 0.3 is 0 Å². The molecule has 1 aromatic carbocycles. The highest BCUT2D eigenvalue weighted by molar-refractivity contribution is 6.30. The second-order valence-electron chi connectivity index (χ2n) is 6.15. The standard InChI is InChI=1S/C18H29ClN2/c1-3-12-21-13-5-6-17(11-14-21)20-18(4-2)15-7-9-16(19)10-8-15/h7-10,17-18,20H,3-6,11-14H2,1-2H3. The fourth-order valence-corrected chi connectivity index (χ4v) is 3.42. The van der Waals surface area contributed by atoms with Gasteiger partial charge < -0.3 is 10.2 Å². The molecule has 1 aliphatic heterocycles. The Kier molecular flexibility index (Phi) is 7.01. The number of hydrogen-bond donors (Lipinski definition) is 1. The molecule has 2 nitrogen and oxygen atoms in total. The number of nitrogens with one attached hydrogen (secondary N) is 1. The molecule has 118 valence electrons. The molecule has 0 radical (unpaired) electrons. The van der Waals surface area contributed by atoms with E-state index in [1.54, 1.807) is 0 Å². The number of rotatable bonds is 6. The first-order valence-corrected chi connectivity index (χ1v) is 8.84. The minimum absolute atomic E-state index is 0.449. The van der Waals surface area contributed by atoms with Crippen LogP contribution in [0.15, 0.2) is 24.3 Å². The zero-order valence-corrected chi connectivity index (χ0v) is 14.2. The molecule has 0 spiro atoms. The van der Waals surface area contributed by atoms with Gasteiger partial charge in [-0.25, -0.2) is 0 Å². The van der Waals surface area contributed by atoms with Gasteiger partial charge in [0.15, 0.2) is 0 Å². The van der Waals surface area contributed by atoms with Crippen LogP contribution in [0.5, 0.6) is 0 Å². The van der Waals surface area contributed by atoms with Crippen molar-refractivity contribution in [3.8, 4) is 0 Å². The van der Waals surface area contributed by atoms with Gasteiger partial charge in [-0.3, -0.25) is 0 Å². The van der Waals surface area contributed by atoms with Crippen LogP contribution in [-0.2, 0) is 0 Å². The molecule has 1 saturated heterocycles.